The Morgan fingerprint density at radius 3 is 2.45 bits per heavy atom. The van der Waals surface area contributed by atoms with Gasteiger partial charge in [0.05, 0.1) is 15.3 Å². The van der Waals surface area contributed by atoms with Crippen molar-refractivity contribution in [3.05, 3.63) is 57.6 Å². The van der Waals surface area contributed by atoms with E-state index in [4.69, 9.17) is 32.7 Å². The molecule has 0 radical (unpaired) electrons. The molecule has 6 nitrogen and oxygen atoms in total. The summed E-state index contributed by atoms with van der Waals surface area (Å²) < 4.78 is 11.4. The molecule has 1 fully saturated rings. The highest BCUT2D eigenvalue weighted by molar-refractivity contribution is 8.15. The van der Waals surface area contributed by atoms with Crippen LogP contribution in [0.5, 0.6) is 11.5 Å². The summed E-state index contributed by atoms with van der Waals surface area (Å²) in [5, 5.41) is 12.7. The van der Waals surface area contributed by atoms with Gasteiger partial charge in [0, 0.05) is 5.56 Å². The van der Waals surface area contributed by atoms with E-state index in [-0.39, 0.29) is 24.4 Å². The minimum absolute atomic E-state index is 0.0504. The Balaban J connectivity index is 1.48. The molecule has 2 aromatic carbocycles. The van der Waals surface area contributed by atoms with Crippen molar-refractivity contribution in [1.29, 1.82) is 0 Å². The number of ether oxygens (including phenoxy) is 2. The number of thioether (sulfide) groups is 1. The summed E-state index contributed by atoms with van der Waals surface area (Å²) in [6.07, 6.45) is 1.23. The zero-order valence-corrected chi connectivity index (χ0v) is 19.2. The average Bonchev–Trinajstić information content (AvgIpc) is 3.07. The first-order chi connectivity index (χ1) is 14.9. The van der Waals surface area contributed by atoms with Crippen LogP contribution in [-0.4, -0.2) is 40.8 Å². The first-order valence-corrected chi connectivity index (χ1v) is 11.5. The maximum Gasteiger partial charge on any atom is 0.286 e. The Morgan fingerprint density at radius 1 is 1.10 bits per heavy atom. The van der Waals surface area contributed by atoms with Gasteiger partial charge in [-0.2, -0.15) is 0 Å². The number of hydrogen-bond acceptors (Lipinski definition) is 6. The van der Waals surface area contributed by atoms with Crippen molar-refractivity contribution in [3.8, 4) is 11.5 Å². The number of nitrogens with one attached hydrogen (secondary N) is 1. The van der Waals surface area contributed by atoms with Crippen LogP contribution in [-0.2, 0) is 17.6 Å². The first kappa shape index (κ1) is 23.7. The summed E-state index contributed by atoms with van der Waals surface area (Å²) >= 11 is 13.4. The zero-order chi connectivity index (χ0) is 22.4. The minimum atomic E-state index is -0.840. The van der Waals surface area contributed by atoms with Crippen molar-refractivity contribution < 1.29 is 24.2 Å². The van der Waals surface area contributed by atoms with Crippen molar-refractivity contribution in [2.45, 2.75) is 37.5 Å². The molecule has 2 atom stereocenters. The molecule has 0 aliphatic carbocycles. The lowest BCUT2D eigenvalue weighted by molar-refractivity contribution is -0.118. The maximum absolute atomic E-state index is 11.7. The van der Waals surface area contributed by atoms with E-state index in [2.05, 4.69) is 5.32 Å². The lowest BCUT2D eigenvalue weighted by Crippen LogP contribution is -2.25. The predicted molar refractivity (Wildman–Crippen MR) is 123 cm³/mol. The van der Waals surface area contributed by atoms with Crippen molar-refractivity contribution >= 4 is 46.1 Å². The van der Waals surface area contributed by atoms with Crippen LogP contribution in [0.1, 0.15) is 24.5 Å². The molecule has 1 saturated heterocycles. The Labute approximate surface area is 195 Å². The minimum Gasteiger partial charge on any atom is -0.491 e. The molecule has 0 saturated carbocycles. The number of amides is 2. The fourth-order valence-corrected chi connectivity index (χ4v) is 4.37. The number of aliphatic hydroxyl groups is 1. The lowest BCUT2D eigenvalue weighted by Gasteiger charge is -2.17. The van der Waals surface area contributed by atoms with E-state index in [9.17, 15) is 14.7 Å². The smallest absolute Gasteiger partial charge is 0.286 e. The summed E-state index contributed by atoms with van der Waals surface area (Å²) in [6, 6.07) is 10.6. The van der Waals surface area contributed by atoms with Gasteiger partial charge >= 0.3 is 0 Å². The fourth-order valence-electron chi connectivity index (χ4n) is 3.08. The van der Waals surface area contributed by atoms with Gasteiger partial charge in [-0.1, -0.05) is 60.4 Å². The molecule has 0 aromatic heterocycles. The summed E-state index contributed by atoms with van der Waals surface area (Å²) in [6.45, 7) is 2.14. The molecule has 0 spiro atoms. The monoisotopic (exact) mass is 483 g/mol. The Bertz CT molecular complexity index is 938. The van der Waals surface area contributed by atoms with Crippen LogP contribution in [0.4, 0.5) is 4.79 Å². The summed E-state index contributed by atoms with van der Waals surface area (Å²) in [5.41, 5.74) is 1.75. The summed E-state index contributed by atoms with van der Waals surface area (Å²) in [7, 11) is 0. The molecule has 2 amide bonds. The zero-order valence-electron chi connectivity index (χ0n) is 16.9. The van der Waals surface area contributed by atoms with Crippen LogP contribution in [0.2, 0.25) is 10.0 Å². The third-order valence-electron chi connectivity index (χ3n) is 4.64. The van der Waals surface area contributed by atoms with Gasteiger partial charge in [0.2, 0.25) is 5.91 Å². The number of carbonyl (C=O) groups excluding carboxylic acids is 2. The van der Waals surface area contributed by atoms with Gasteiger partial charge in [-0.05, 0) is 42.7 Å². The molecule has 2 aromatic rings. The van der Waals surface area contributed by atoms with Crippen LogP contribution >= 0.6 is 35.0 Å². The SMILES string of the molecule is CCCc1c(OC[C@@H](O)COc2ccc(CC3SC(=O)NC3=O)cc2)ccc(Cl)c1Cl. The molecule has 0 bridgehead atoms. The topological polar surface area (TPSA) is 84.9 Å². The Hall–Kier alpha value is -1.93. The number of halogens is 2. The lowest BCUT2D eigenvalue weighted by atomic mass is 10.1. The Morgan fingerprint density at radius 2 is 1.81 bits per heavy atom. The van der Waals surface area contributed by atoms with E-state index in [1.54, 1.807) is 24.3 Å². The maximum atomic E-state index is 11.7. The average molecular weight is 484 g/mol. The molecule has 1 heterocycles. The quantitative estimate of drug-likeness (QED) is 0.511. The fraction of sp³-hybridized carbons (Fsp3) is 0.364. The van der Waals surface area contributed by atoms with Crippen LogP contribution in [0.15, 0.2) is 36.4 Å². The van der Waals surface area contributed by atoms with Gasteiger partial charge < -0.3 is 14.6 Å². The van der Waals surface area contributed by atoms with Crippen molar-refractivity contribution in [3.63, 3.8) is 0 Å². The number of hydrogen-bond donors (Lipinski definition) is 2. The van der Waals surface area contributed by atoms with Crippen LogP contribution in [0.3, 0.4) is 0 Å². The van der Waals surface area contributed by atoms with Gasteiger partial charge in [0.15, 0.2) is 0 Å². The van der Waals surface area contributed by atoms with Gasteiger partial charge in [0.25, 0.3) is 5.24 Å². The highest BCUT2D eigenvalue weighted by Gasteiger charge is 2.31. The number of rotatable bonds is 10. The van der Waals surface area contributed by atoms with Gasteiger partial charge in [0.1, 0.15) is 30.8 Å². The van der Waals surface area contributed by atoms with Crippen molar-refractivity contribution in [1.82, 2.24) is 5.32 Å². The van der Waals surface area contributed by atoms with Crippen LogP contribution < -0.4 is 14.8 Å². The second kappa shape index (κ2) is 11.1. The third-order valence-corrected chi connectivity index (χ3v) is 6.46. The molecule has 1 unspecified atom stereocenters. The molecule has 31 heavy (non-hydrogen) atoms. The standard InChI is InChI=1S/C22H23Cl2NO5S/c1-2-3-16-18(9-8-17(23)20(16)24)30-12-14(26)11-29-15-6-4-13(5-7-15)10-19-21(27)25-22(28)31-19/h4-9,14,19,26H,2-3,10-12H2,1H3,(H,25,27,28)/t14-,19?/m0/s1. The van der Waals surface area contributed by atoms with E-state index in [0.717, 1.165) is 35.7 Å². The van der Waals surface area contributed by atoms with E-state index >= 15 is 0 Å². The second-order valence-corrected chi connectivity index (χ2v) is 9.06. The molecule has 2 N–H and O–H groups in total. The van der Waals surface area contributed by atoms with E-state index in [0.29, 0.717) is 28.0 Å². The highest BCUT2D eigenvalue weighted by Crippen LogP contribution is 2.34. The van der Waals surface area contributed by atoms with Crippen molar-refractivity contribution in [2.24, 2.45) is 0 Å². The second-order valence-electron chi connectivity index (χ2n) is 7.10. The van der Waals surface area contributed by atoms with Crippen LogP contribution in [0, 0.1) is 0 Å². The van der Waals surface area contributed by atoms with Crippen molar-refractivity contribution in [2.75, 3.05) is 13.2 Å². The number of carbonyl (C=O) groups is 2. The molecule has 3 rings (SSSR count). The molecular weight excluding hydrogens is 461 g/mol. The summed E-state index contributed by atoms with van der Waals surface area (Å²) in [5.74, 6) is 0.929. The van der Waals surface area contributed by atoms with Gasteiger partial charge in [-0.15, -0.1) is 0 Å². The van der Waals surface area contributed by atoms with E-state index in [1.165, 1.54) is 0 Å². The third kappa shape index (κ3) is 6.53. The number of aliphatic hydroxyl groups excluding tert-OH is 1. The molecule has 1 aliphatic rings. The van der Waals surface area contributed by atoms with E-state index in [1.807, 2.05) is 19.1 Å². The van der Waals surface area contributed by atoms with Crippen LogP contribution in [0.25, 0.3) is 0 Å². The normalized spacial score (nSPS) is 16.8. The molecule has 1 aliphatic heterocycles. The predicted octanol–water partition coefficient (Wildman–Crippen LogP) is 4.66. The molecule has 166 valence electrons. The molecule has 9 heteroatoms. The first-order valence-electron chi connectivity index (χ1n) is 9.88. The van der Waals surface area contributed by atoms with Gasteiger partial charge in [-0.3, -0.25) is 14.9 Å². The highest BCUT2D eigenvalue weighted by atomic mass is 35.5. The van der Waals surface area contributed by atoms with Gasteiger partial charge in [-0.25, -0.2) is 0 Å². The van der Waals surface area contributed by atoms with E-state index < -0.39 is 11.4 Å². The Kier molecular flexibility index (Phi) is 8.49. The number of benzene rings is 2. The summed E-state index contributed by atoms with van der Waals surface area (Å²) in [4.78, 5) is 22.9. The number of imide groups is 1. The molecular formula is C22H23Cl2NO5S. The largest absolute Gasteiger partial charge is 0.491 e.